The summed E-state index contributed by atoms with van der Waals surface area (Å²) in [4.78, 5) is 24.0. The van der Waals surface area contributed by atoms with Gasteiger partial charge in [0.05, 0.1) is 6.04 Å². The van der Waals surface area contributed by atoms with Crippen molar-refractivity contribution in [2.45, 2.75) is 31.9 Å². The molecule has 6 nitrogen and oxygen atoms in total. The van der Waals surface area contributed by atoms with Gasteiger partial charge in [0.15, 0.2) is 0 Å². The van der Waals surface area contributed by atoms with Gasteiger partial charge in [-0.3, -0.25) is 0 Å². The lowest BCUT2D eigenvalue weighted by Gasteiger charge is -2.36. The van der Waals surface area contributed by atoms with Crippen LogP contribution >= 0.6 is 0 Å². The van der Waals surface area contributed by atoms with Gasteiger partial charge in [-0.25, -0.2) is 9.78 Å². The first-order valence-electron chi connectivity index (χ1n) is 10.6. The van der Waals surface area contributed by atoms with Crippen LogP contribution in [-0.4, -0.2) is 60.6 Å². The summed E-state index contributed by atoms with van der Waals surface area (Å²) >= 11 is 0. The van der Waals surface area contributed by atoms with Crippen molar-refractivity contribution in [3.63, 3.8) is 0 Å². The van der Waals surface area contributed by atoms with E-state index in [1.54, 1.807) is 0 Å². The third-order valence-electron chi connectivity index (χ3n) is 5.93. The molecule has 1 atom stereocenters. The van der Waals surface area contributed by atoms with Crippen LogP contribution in [0.4, 0.5) is 10.6 Å². The number of anilines is 1. The Labute approximate surface area is 173 Å². The van der Waals surface area contributed by atoms with Crippen molar-refractivity contribution in [2.24, 2.45) is 0 Å². The molecule has 0 radical (unpaired) electrons. The van der Waals surface area contributed by atoms with Crippen molar-refractivity contribution in [3.8, 4) is 0 Å². The van der Waals surface area contributed by atoms with E-state index in [4.69, 9.17) is 9.72 Å². The Morgan fingerprint density at radius 3 is 2.55 bits per heavy atom. The largest absolute Gasteiger partial charge is 0.445 e. The van der Waals surface area contributed by atoms with Crippen LogP contribution in [0.5, 0.6) is 0 Å². The lowest BCUT2D eigenvalue weighted by Crippen LogP contribution is -2.44. The van der Waals surface area contributed by atoms with Crippen molar-refractivity contribution < 1.29 is 9.53 Å². The molecule has 0 aliphatic carbocycles. The Hall–Kier alpha value is -2.60. The van der Waals surface area contributed by atoms with Gasteiger partial charge in [0.2, 0.25) is 0 Å². The molecule has 2 aliphatic heterocycles. The first kappa shape index (κ1) is 19.7. The summed E-state index contributed by atoms with van der Waals surface area (Å²) in [7, 11) is 2.16. The number of aromatic nitrogens is 1. The lowest BCUT2D eigenvalue weighted by molar-refractivity contribution is 0.0678. The molecule has 0 bridgehead atoms. The molecule has 2 saturated heterocycles. The van der Waals surface area contributed by atoms with E-state index in [0.29, 0.717) is 6.61 Å². The van der Waals surface area contributed by atoms with Crippen molar-refractivity contribution in [2.75, 3.05) is 44.7 Å². The van der Waals surface area contributed by atoms with Crippen LogP contribution in [0.2, 0.25) is 0 Å². The van der Waals surface area contributed by atoms with Crippen molar-refractivity contribution in [3.05, 3.63) is 59.8 Å². The second-order valence-electron chi connectivity index (χ2n) is 7.99. The minimum Gasteiger partial charge on any atom is -0.445 e. The Morgan fingerprint density at radius 2 is 1.83 bits per heavy atom. The van der Waals surface area contributed by atoms with Gasteiger partial charge in [0.25, 0.3) is 0 Å². The number of piperazine rings is 1. The minimum atomic E-state index is -0.235. The molecule has 4 rings (SSSR count). The van der Waals surface area contributed by atoms with Crippen LogP contribution in [0, 0.1) is 0 Å². The van der Waals surface area contributed by atoms with E-state index in [-0.39, 0.29) is 12.1 Å². The molecule has 0 saturated carbocycles. The fraction of sp³-hybridized carbons (Fsp3) is 0.478. The molecule has 6 heteroatoms. The fourth-order valence-corrected chi connectivity index (χ4v) is 4.12. The molecule has 29 heavy (non-hydrogen) atoms. The average molecular weight is 395 g/mol. The predicted molar refractivity (Wildman–Crippen MR) is 114 cm³/mol. The summed E-state index contributed by atoms with van der Waals surface area (Å²) in [6, 6.07) is 14.1. The van der Waals surface area contributed by atoms with E-state index in [9.17, 15) is 4.79 Å². The minimum absolute atomic E-state index is 0.0427. The van der Waals surface area contributed by atoms with Crippen LogP contribution < -0.4 is 4.90 Å². The number of rotatable bonds is 4. The number of benzene rings is 1. The van der Waals surface area contributed by atoms with Crippen LogP contribution in [0.1, 0.15) is 36.4 Å². The average Bonchev–Trinajstić information content (AvgIpc) is 2.79. The smallest absolute Gasteiger partial charge is 0.410 e. The van der Waals surface area contributed by atoms with E-state index < -0.39 is 0 Å². The Kier molecular flexibility index (Phi) is 6.30. The van der Waals surface area contributed by atoms with Gasteiger partial charge in [0.1, 0.15) is 12.4 Å². The molecule has 2 fully saturated rings. The lowest BCUT2D eigenvalue weighted by atomic mass is 9.97. The number of likely N-dealkylation sites (tertiary alicyclic amines) is 1. The number of likely N-dealkylation sites (N-methyl/N-ethyl adjacent to an activating group) is 1. The number of amides is 1. The van der Waals surface area contributed by atoms with Crippen LogP contribution in [0.3, 0.4) is 0 Å². The quantitative estimate of drug-likeness (QED) is 0.791. The number of carbonyl (C=O) groups excluding carboxylic acids is 1. The standard InChI is InChI=1S/C23H30N4O2/c1-25-13-15-26(16-14-25)22-11-10-20(17-24-22)21-9-5-6-12-27(21)23(28)29-18-19-7-3-2-4-8-19/h2-4,7-8,10-11,17,21H,5-6,9,12-16,18H2,1H3. The number of pyridine rings is 1. The molecule has 0 spiro atoms. The first-order chi connectivity index (χ1) is 14.2. The summed E-state index contributed by atoms with van der Waals surface area (Å²) < 4.78 is 5.60. The van der Waals surface area contributed by atoms with Gasteiger partial charge >= 0.3 is 6.09 Å². The van der Waals surface area contributed by atoms with E-state index in [0.717, 1.165) is 68.9 Å². The van der Waals surface area contributed by atoms with Crippen molar-refractivity contribution in [1.29, 1.82) is 0 Å². The number of nitrogens with zero attached hydrogens (tertiary/aromatic N) is 4. The molecule has 1 amide bonds. The van der Waals surface area contributed by atoms with Gasteiger partial charge in [-0.1, -0.05) is 36.4 Å². The van der Waals surface area contributed by atoms with Crippen LogP contribution in [-0.2, 0) is 11.3 Å². The second kappa shape index (κ2) is 9.27. The maximum absolute atomic E-state index is 12.8. The highest BCUT2D eigenvalue weighted by molar-refractivity contribution is 5.68. The summed E-state index contributed by atoms with van der Waals surface area (Å²) in [5.41, 5.74) is 2.10. The summed E-state index contributed by atoms with van der Waals surface area (Å²) in [5, 5.41) is 0. The van der Waals surface area contributed by atoms with Gasteiger partial charge in [-0.2, -0.15) is 0 Å². The Morgan fingerprint density at radius 1 is 1.03 bits per heavy atom. The molecular formula is C23H30N4O2. The fourth-order valence-electron chi connectivity index (χ4n) is 4.12. The molecule has 1 unspecified atom stereocenters. The van der Waals surface area contributed by atoms with Crippen molar-refractivity contribution >= 4 is 11.9 Å². The first-order valence-corrected chi connectivity index (χ1v) is 10.6. The summed E-state index contributed by atoms with van der Waals surface area (Å²) in [6.07, 6.45) is 4.80. The summed E-state index contributed by atoms with van der Waals surface area (Å²) in [6.45, 7) is 5.18. The molecule has 2 aromatic rings. The third kappa shape index (κ3) is 4.88. The van der Waals surface area contributed by atoms with E-state index in [1.807, 2.05) is 41.4 Å². The molecule has 1 aromatic carbocycles. The van der Waals surface area contributed by atoms with Gasteiger partial charge in [-0.15, -0.1) is 0 Å². The highest BCUT2D eigenvalue weighted by atomic mass is 16.6. The molecule has 154 valence electrons. The van der Waals surface area contributed by atoms with Crippen molar-refractivity contribution in [1.82, 2.24) is 14.8 Å². The van der Waals surface area contributed by atoms with Gasteiger partial charge in [0, 0.05) is 38.9 Å². The van der Waals surface area contributed by atoms with E-state index in [2.05, 4.69) is 29.0 Å². The second-order valence-corrected chi connectivity index (χ2v) is 7.99. The van der Waals surface area contributed by atoms with E-state index >= 15 is 0 Å². The molecule has 3 heterocycles. The zero-order valence-corrected chi connectivity index (χ0v) is 17.2. The normalized spacial score (nSPS) is 20.5. The maximum Gasteiger partial charge on any atom is 0.410 e. The molecule has 2 aliphatic rings. The number of carbonyl (C=O) groups is 1. The topological polar surface area (TPSA) is 48.9 Å². The zero-order chi connectivity index (χ0) is 20.1. The molecule has 1 aromatic heterocycles. The van der Waals surface area contributed by atoms with Gasteiger partial charge in [-0.05, 0) is 43.5 Å². The number of ether oxygens (including phenoxy) is 1. The summed E-state index contributed by atoms with van der Waals surface area (Å²) in [5.74, 6) is 1.02. The molecule has 0 N–H and O–H groups in total. The monoisotopic (exact) mass is 394 g/mol. The Balaban J connectivity index is 1.40. The number of hydrogen-bond acceptors (Lipinski definition) is 5. The van der Waals surface area contributed by atoms with Crippen LogP contribution in [0.25, 0.3) is 0 Å². The van der Waals surface area contributed by atoms with E-state index in [1.165, 1.54) is 0 Å². The van der Waals surface area contributed by atoms with Crippen LogP contribution in [0.15, 0.2) is 48.7 Å². The highest BCUT2D eigenvalue weighted by Crippen LogP contribution is 2.32. The van der Waals surface area contributed by atoms with Gasteiger partial charge < -0.3 is 19.4 Å². The Bertz CT molecular complexity index is 788. The number of piperidine rings is 1. The third-order valence-corrected chi connectivity index (χ3v) is 5.93. The molecular weight excluding hydrogens is 364 g/mol. The number of hydrogen-bond donors (Lipinski definition) is 0. The predicted octanol–water partition coefficient (Wildman–Crippen LogP) is 3.70. The SMILES string of the molecule is CN1CCN(c2ccc(C3CCCCN3C(=O)OCc3ccccc3)cn2)CC1. The maximum atomic E-state index is 12.8. The zero-order valence-electron chi connectivity index (χ0n) is 17.2. The highest BCUT2D eigenvalue weighted by Gasteiger charge is 2.29.